The molecule has 1 heterocycles. The standard InChI is InChI=1S/C20H19N3O2/c1-14-21-12-17(19(22-14)16-10-6-3-7-11-16)20(25)23-18(13-24)15-8-4-2-5-9-15/h2-12,18,24H,13H2,1H3,(H,23,25)/t18-/m1/s1. The molecule has 2 aromatic carbocycles. The third-order valence-corrected chi connectivity index (χ3v) is 3.89. The van der Waals surface area contributed by atoms with E-state index in [-0.39, 0.29) is 12.5 Å². The quantitative estimate of drug-likeness (QED) is 0.753. The number of carbonyl (C=O) groups excluding carboxylic acids is 1. The number of aliphatic hydroxyl groups is 1. The summed E-state index contributed by atoms with van der Waals surface area (Å²) in [6, 6.07) is 18.4. The van der Waals surface area contributed by atoms with Crippen LogP contribution in [0.25, 0.3) is 11.3 Å². The van der Waals surface area contributed by atoms with Gasteiger partial charge in [-0.25, -0.2) is 9.97 Å². The molecule has 2 N–H and O–H groups in total. The highest BCUT2D eigenvalue weighted by Crippen LogP contribution is 2.22. The monoisotopic (exact) mass is 333 g/mol. The van der Waals surface area contributed by atoms with Crippen LogP contribution >= 0.6 is 0 Å². The number of rotatable bonds is 5. The average Bonchev–Trinajstić information content (AvgIpc) is 2.67. The van der Waals surface area contributed by atoms with E-state index < -0.39 is 6.04 Å². The minimum atomic E-state index is -0.487. The lowest BCUT2D eigenvalue weighted by Gasteiger charge is -2.18. The summed E-state index contributed by atoms with van der Waals surface area (Å²) < 4.78 is 0. The highest BCUT2D eigenvalue weighted by Gasteiger charge is 2.19. The van der Waals surface area contributed by atoms with E-state index in [1.54, 1.807) is 6.92 Å². The van der Waals surface area contributed by atoms with Gasteiger partial charge in [0.25, 0.3) is 5.91 Å². The molecule has 0 aliphatic rings. The van der Waals surface area contributed by atoms with Crippen molar-refractivity contribution in [2.24, 2.45) is 0 Å². The third kappa shape index (κ3) is 3.89. The fourth-order valence-corrected chi connectivity index (χ4v) is 2.61. The molecule has 25 heavy (non-hydrogen) atoms. The first kappa shape index (κ1) is 16.8. The second-order valence-electron chi connectivity index (χ2n) is 5.66. The zero-order valence-corrected chi connectivity index (χ0v) is 13.9. The Hall–Kier alpha value is -3.05. The van der Waals surface area contributed by atoms with Crippen LogP contribution in [0.1, 0.15) is 27.8 Å². The summed E-state index contributed by atoms with van der Waals surface area (Å²) in [7, 11) is 0. The Labute approximate surface area is 146 Å². The van der Waals surface area contributed by atoms with Crippen molar-refractivity contribution in [3.63, 3.8) is 0 Å². The molecule has 0 unspecified atom stereocenters. The van der Waals surface area contributed by atoms with Crippen LogP contribution in [0.15, 0.2) is 66.9 Å². The van der Waals surface area contributed by atoms with Crippen molar-refractivity contribution >= 4 is 5.91 Å². The molecule has 5 heteroatoms. The fraction of sp³-hybridized carbons (Fsp3) is 0.150. The fourth-order valence-electron chi connectivity index (χ4n) is 2.61. The largest absolute Gasteiger partial charge is 0.394 e. The van der Waals surface area contributed by atoms with Crippen molar-refractivity contribution in [2.45, 2.75) is 13.0 Å². The molecule has 1 aromatic heterocycles. The van der Waals surface area contributed by atoms with E-state index in [1.807, 2.05) is 60.7 Å². The predicted octanol–water partition coefficient (Wildman–Crippen LogP) is 2.92. The SMILES string of the molecule is Cc1ncc(C(=O)N[C@H](CO)c2ccccc2)c(-c2ccccc2)n1. The van der Waals surface area contributed by atoms with Crippen LogP contribution in [0.4, 0.5) is 0 Å². The molecule has 0 bridgehead atoms. The van der Waals surface area contributed by atoms with E-state index >= 15 is 0 Å². The first-order valence-electron chi connectivity index (χ1n) is 8.05. The Morgan fingerprint density at radius 2 is 1.72 bits per heavy atom. The molecule has 0 fully saturated rings. The zero-order valence-electron chi connectivity index (χ0n) is 13.9. The van der Waals surface area contributed by atoms with E-state index in [1.165, 1.54) is 6.20 Å². The molecule has 0 spiro atoms. The minimum Gasteiger partial charge on any atom is -0.394 e. The smallest absolute Gasteiger partial charge is 0.255 e. The Morgan fingerprint density at radius 3 is 2.36 bits per heavy atom. The van der Waals surface area contributed by atoms with Crippen molar-refractivity contribution in [2.75, 3.05) is 6.61 Å². The van der Waals surface area contributed by atoms with Gasteiger partial charge in [0.1, 0.15) is 5.82 Å². The normalized spacial score (nSPS) is 11.8. The summed E-state index contributed by atoms with van der Waals surface area (Å²) in [6.45, 7) is 1.60. The van der Waals surface area contributed by atoms with Crippen LogP contribution in [-0.2, 0) is 0 Å². The zero-order chi connectivity index (χ0) is 17.6. The van der Waals surface area contributed by atoms with E-state index in [2.05, 4.69) is 15.3 Å². The number of aliphatic hydroxyl groups excluding tert-OH is 1. The van der Waals surface area contributed by atoms with Gasteiger partial charge in [-0.2, -0.15) is 0 Å². The number of hydrogen-bond donors (Lipinski definition) is 2. The van der Waals surface area contributed by atoms with Crippen LogP contribution in [-0.4, -0.2) is 27.6 Å². The molecule has 3 aromatic rings. The van der Waals surface area contributed by atoms with Crippen LogP contribution in [0.3, 0.4) is 0 Å². The van der Waals surface area contributed by atoms with E-state index in [4.69, 9.17) is 0 Å². The van der Waals surface area contributed by atoms with Crippen LogP contribution < -0.4 is 5.32 Å². The molecule has 0 aliphatic carbocycles. The average molecular weight is 333 g/mol. The number of carbonyl (C=O) groups is 1. The van der Waals surface area contributed by atoms with Crippen LogP contribution in [0.2, 0.25) is 0 Å². The second kappa shape index (κ2) is 7.68. The highest BCUT2D eigenvalue weighted by atomic mass is 16.3. The van der Waals surface area contributed by atoms with Gasteiger partial charge in [0, 0.05) is 11.8 Å². The van der Waals surface area contributed by atoms with Gasteiger partial charge >= 0.3 is 0 Å². The lowest BCUT2D eigenvalue weighted by molar-refractivity contribution is 0.0916. The van der Waals surface area contributed by atoms with Crippen LogP contribution in [0, 0.1) is 6.92 Å². The number of nitrogens with one attached hydrogen (secondary N) is 1. The van der Waals surface area contributed by atoms with Gasteiger partial charge in [0.05, 0.1) is 23.9 Å². The van der Waals surface area contributed by atoms with E-state index in [0.717, 1.165) is 11.1 Å². The molecule has 1 amide bonds. The number of benzene rings is 2. The van der Waals surface area contributed by atoms with Crippen LogP contribution in [0.5, 0.6) is 0 Å². The molecular weight excluding hydrogens is 314 g/mol. The summed E-state index contributed by atoms with van der Waals surface area (Å²) in [5.74, 6) is 0.277. The Morgan fingerprint density at radius 1 is 1.08 bits per heavy atom. The first-order chi connectivity index (χ1) is 12.2. The number of aryl methyl sites for hydroxylation is 1. The molecule has 0 aliphatic heterocycles. The Bertz CT molecular complexity index is 851. The summed E-state index contributed by atoms with van der Waals surface area (Å²) in [5.41, 5.74) is 2.65. The molecule has 0 saturated carbocycles. The van der Waals surface area contributed by atoms with Gasteiger partial charge < -0.3 is 10.4 Å². The summed E-state index contributed by atoms with van der Waals surface area (Å²) >= 11 is 0. The van der Waals surface area contributed by atoms with Gasteiger partial charge in [-0.15, -0.1) is 0 Å². The molecule has 126 valence electrons. The third-order valence-electron chi connectivity index (χ3n) is 3.89. The topological polar surface area (TPSA) is 75.1 Å². The van der Waals surface area contributed by atoms with Crippen molar-refractivity contribution in [3.05, 3.63) is 83.8 Å². The predicted molar refractivity (Wildman–Crippen MR) is 95.9 cm³/mol. The minimum absolute atomic E-state index is 0.191. The summed E-state index contributed by atoms with van der Waals surface area (Å²) in [6.07, 6.45) is 1.53. The highest BCUT2D eigenvalue weighted by molar-refractivity contribution is 5.99. The Kier molecular flexibility index (Phi) is 5.16. The first-order valence-corrected chi connectivity index (χ1v) is 8.05. The lowest BCUT2D eigenvalue weighted by Crippen LogP contribution is -2.31. The lowest BCUT2D eigenvalue weighted by atomic mass is 10.0. The number of hydrogen-bond acceptors (Lipinski definition) is 4. The van der Waals surface area contributed by atoms with Gasteiger partial charge in [-0.05, 0) is 12.5 Å². The van der Waals surface area contributed by atoms with Crippen molar-refractivity contribution in [1.29, 1.82) is 0 Å². The van der Waals surface area contributed by atoms with Gasteiger partial charge in [-0.1, -0.05) is 60.7 Å². The molecule has 5 nitrogen and oxygen atoms in total. The summed E-state index contributed by atoms with van der Waals surface area (Å²) in [4.78, 5) is 21.4. The molecule has 0 saturated heterocycles. The summed E-state index contributed by atoms with van der Waals surface area (Å²) in [5, 5.41) is 12.5. The molecule has 3 rings (SSSR count). The maximum Gasteiger partial charge on any atom is 0.255 e. The van der Waals surface area contributed by atoms with Crippen molar-refractivity contribution in [3.8, 4) is 11.3 Å². The number of nitrogens with zero attached hydrogens (tertiary/aromatic N) is 2. The number of amides is 1. The maximum atomic E-state index is 12.8. The molecular formula is C20H19N3O2. The van der Waals surface area contributed by atoms with E-state index in [9.17, 15) is 9.90 Å². The second-order valence-corrected chi connectivity index (χ2v) is 5.66. The van der Waals surface area contributed by atoms with Crippen molar-refractivity contribution in [1.82, 2.24) is 15.3 Å². The van der Waals surface area contributed by atoms with Gasteiger partial charge in [-0.3, -0.25) is 4.79 Å². The Balaban J connectivity index is 1.92. The van der Waals surface area contributed by atoms with E-state index in [0.29, 0.717) is 17.1 Å². The molecule has 0 radical (unpaired) electrons. The van der Waals surface area contributed by atoms with Gasteiger partial charge in [0.15, 0.2) is 0 Å². The molecule has 1 atom stereocenters. The van der Waals surface area contributed by atoms with Gasteiger partial charge in [0.2, 0.25) is 0 Å². The van der Waals surface area contributed by atoms with Crippen molar-refractivity contribution < 1.29 is 9.90 Å². The number of aromatic nitrogens is 2. The maximum absolute atomic E-state index is 12.8.